The molecule has 0 saturated carbocycles. The molecule has 9 heavy (non-hydrogen) atoms. The third-order valence-corrected chi connectivity index (χ3v) is 1.33. The van der Waals surface area contributed by atoms with Crippen LogP contribution in [0.25, 0.3) is 0 Å². The number of hydrogen-bond donors (Lipinski definition) is 1. The average molecular weight is 131 g/mol. The van der Waals surface area contributed by atoms with E-state index in [9.17, 15) is 0 Å². The Balaban J connectivity index is 2.38. The van der Waals surface area contributed by atoms with Crippen LogP contribution in [0.1, 0.15) is 13.8 Å². The quantitative estimate of drug-likeness (QED) is 0.555. The van der Waals surface area contributed by atoms with Crippen molar-refractivity contribution in [3.8, 4) is 0 Å². The molecular formula is C6H13NO2. The number of likely N-dealkylation sites (N-methyl/N-ethyl adjacent to an activating group) is 1. The molecule has 54 valence electrons. The molecule has 0 aromatic carbocycles. The lowest BCUT2D eigenvalue weighted by molar-refractivity contribution is -0.141. The predicted molar refractivity (Wildman–Crippen MR) is 34.0 cm³/mol. The maximum absolute atomic E-state index is 5.36. The monoisotopic (exact) mass is 131 g/mol. The molecular weight excluding hydrogens is 118 g/mol. The lowest BCUT2D eigenvalue weighted by atomic mass is 10.4. The Morgan fingerprint density at radius 2 is 2.22 bits per heavy atom. The fraction of sp³-hybridized carbons (Fsp3) is 1.00. The molecule has 1 aliphatic rings. The molecule has 0 amide bonds. The second-order valence-corrected chi connectivity index (χ2v) is 2.61. The van der Waals surface area contributed by atoms with E-state index in [4.69, 9.17) is 9.47 Å². The summed E-state index contributed by atoms with van der Waals surface area (Å²) in [5.74, 6) is -0.395. The van der Waals surface area contributed by atoms with Crippen LogP contribution >= 0.6 is 0 Å². The first-order valence-corrected chi connectivity index (χ1v) is 3.13. The second-order valence-electron chi connectivity index (χ2n) is 2.61. The van der Waals surface area contributed by atoms with Crippen LogP contribution in [0.4, 0.5) is 0 Å². The molecule has 0 spiro atoms. The molecule has 3 heteroatoms. The zero-order valence-electron chi connectivity index (χ0n) is 6.10. The molecule has 1 unspecified atom stereocenters. The minimum Gasteiger partial charge on any atom is -0.346 e. The number of rotatable bonds is 1. The molecule has 0 radical (unpaired) electrons. The SMILES string of the molecule is CNC1COC(C)(C)O1. The topological polar surface area (TPSA) is 30.5 Å². The van der Waals surface area contributed by atoms with Gasteiger partial charge in [-0.1, -0.05) is 0 Å². The highest BCUT2D eigenvalue weighted by Gasteiger charge is 2.31. The molecule has 1 aliphatic heterocycles. The van der Waals surface area contributed by atoms with Crippen molar-refractivity contribution in [3.63, 3.8) is 0 Å². The first-order valence-electron chi connectivity index (χ1n) is 3.13. The van der Waals surface area contributed by atoms with E-state index in [1.54, 1.807) is 0 Å². The highest BCUT2D eigenvalue weighted by atomic mass is 16.7. The van der Waals surface area contributed by atoms with Crippen molar-refractivity contribution >= 4 is 0 Å². The molecule has 1 N–H and O–H groups in total. The molecule has 1 heterocycles. The Kier molecular flexibility index (Phi) is 1.75. The molecule has 0 aromatic heterocycles. The molecule has 1 rings (SSSR count). The van der Waals surface area contributed by atoms with Gasteiger partial charge in [0.25, 0.3) is 0 Å². The van der Waals surface area contributed by atoms with E-state index in [-0.39, 0.29) is 6.23 Å². The van der Waals surface area contributed by atoms with Gasteiger partial charge in [-0.3, -0.25) is 5.32 Å². The Morgan fingerprint density at radius 1 is 1.56 bits per heavy atom. The van der Waals surface area contributed by atoms with E-state index in [1.807, 2.05) is 20.9 Å². The van der Waals surface area contributed by atoms with Gasteiger partial charge in [-0.25, -0.2) is 0 Å². The van der Waals surface area contributed by atoms with Crippen molar-refractivity contribution in [2.45, 2.75) is 25.9 Å². The van der Waals surface area contributed by atoms with E-state index in [2.05, 4.69) is 5.32 Å². The Bertz CT molecular complexity index is 103. The van der Waals surface area contributed by atoms with Gasteiger partial charge in [-0.15, -0.1) is 0 Å². The average Bonchev–Trinajstić information content (AvgIpc) is 2.10. The minimum absolute atomic E-state index is 0.0694. The summed E-state index contributed by atoms with van der Waals surface area (Å²) < 4.78 is 10.6. The van der Waals surface area contributed by atoms with Crippen molar-refractivity contribution in [3.05, 3.63) is 0 Å². The highest BCUT2D eigenvalue weighted by molar-refractivity contribution is 4.66. The fourth-order valence-electron chi connectivity index (χ4n) is 0.829. The first-order chi connectivity index (χ1) is 4.14. The van der Waals surface area contributed by atoms with Crippen LogP contribution in [0.15, 0.2) is 0 Å². The third-order valence-electron chi connectivity index (χ3n) is 1.33. The zero-order valence-corrected chi connectivity index (χ0v) is 6.10. The van der Waals surface area contributed by atoms with Crippen LogP contribution in [-0.4, -0.2) is 25.7 Å². The van der Waals surface area contributed by atoms with Gasteiger partial charge in [0.1, 0.15) is 6.23 Å². The van der Waals surface area contributed by atoms with Gasteiger partial charge < -0.3 is 9.47 Å². The van der Waals surface area contributed by atoms with Crippen molar-refractivity contribution in [2.75, 3.05) is 13.7 Å². The van der Waals surface area contributed by atoms with E-state index in [0.717, 1.165) is 0 Å². The standard InChI is InChI=1S/C6H13NO2/c1-6(2)8-4-5(7-3)9-6/h5,7H,4H2,1-3H3. The number of nitrogens with one attached hydrogen (secondary N) is 1. The summed E-state index contributed by atoms with van der Waals surface area (Å²) in [5.41, 5.74) is 0. The maximum atomic E-state index is 5.36. The molecule has 0 aliphatic carbocycles. The Labute approximate surface area is 55.3 Å². The van der Waals surface area contributed by atoms with E-state index in [0.29, 0.717) is 6.61 Å². The lowest BCUT2D eigenvalue weighted by Gasteiger charge is -2.16. The first kappa shape index (κ1) is 6.99. The summed E-state index contributed by atoms with van der Waals surface area (Å²) in [4.78, 5) is 0. The third kappa shape index (κ3) is 1.64. The van der Waals surface area contributed by atoms with Crippen LogP contribution in [-0.2, 0) is 9.47 Å². The van der Waals surface area contributed by atoms with Gasteiger partial charge in [0.05, 0.1) is 6.61 Å². The van der Waals surface area contributed by atoms with E-state index >= 15 is 0 Å². The minimum atomic E-state index is -0.395. The van der Waals surface area contributed by atoms with Crippen molar-refractivity contribution in [1.29, 1.82) is 0 Å². The Morgan fingerprint density at radius 3 is 2.44 bits per heavy atom. The summed E-state index contributed by atoms with van der Waals surface area (Å²) in [7, 11) is 1.86. The van der Waals surface area contributed by atoms with Crippen LogP contribution in [0.3, 0.4) is 0 Å². The number of ether oxygens (including phenoxy) is 2. The van der Waals surface area contributed by atoms with Crippen molar-refractivity contribution < 1.29 is 9.47 Å². The van der Waals surface area contributed by atoms with E-state index < -0.39 is 5.79 Å². The molecule has 1 fully saturated rings. The molecule has 1 saturated heterocycles. The van der Waals surface area contributed by atoms with Gasteiger partial charge in [0.15, 0.2) is 5.79 Å². The summed E-state index contributed by atoms with van der Waals surface area (Å²) in [6, 6.07) is 0. The Hall–Kier alpha value is -0.120. The number of hydrogen-bond acceptors (Lipinski definition) is 3. The maximum Gasteiger partial charge on any atom is 0.165 e. The molecule has 1 atom stereocenters. The van der Waals surface area contributed by atoms with Gasteiger partial charge >= 0.3 is 0 Å². The summed E-state index contributed by atoms with van der Waals surface area (Å²) in [5, 5.41) is 2.97. The summed E-state index contributed by atoms with van der Waals surface area (Å²) in [6.07, 6.45) is 0.0694. The molecule has 0 bridgehead atoms. The highest BCUT2D eigenvalue weighted by Crippen LogP contribution is 2.19. The molecule has 3 nitrogen and oxygen atoms in total. The van der Waals surface area contributed by atoms with Gasteiger partial charge in [0, 0.05) is 0 Å². The van der Waals surface area contributed by atoms with Crippen LogP contribution < -0.4 is 5.32 Å². The lowest BCUT2D eigenvalue weighted by Crippen LogP contribution is -2.29. The van der Waals surface area contributed by atoms with Crippen molar-refractivity contribution in [1.82, 2.24) is 5.32 Å². The summed E-state index contributed by atoms with van der Waals surface area (Å²) in [6.45, 7) is 4.46. The predicted octanol–water partition coefficient (Wildman–Crippen LogP) is 0.315. The molecule has 0 aromatic rings. The van der Waals surface area contributed by atoms with Gasteiger partial charge in [0.2, 0.25) is 0 Å². The fourth-order valence-corrected chi connectivity index (χ4v) is 0.829. The zero-order chi connectivity index (χ0) is 6.91. The van der Waals surface area contributed by atoms with Crippen LogP contribution in [0, 0.1) is 0 Å². The van der Waals surface area contributed by atoms with E-state index in [1.165, 1.54) is 0 Å². The van der Waals surface area contributed by atoms with Crippen LogP contribution in [0.5, 0.6) is 0 Å². The summed E-state index contributed by atoms with van der Waals surface area (Å²) >= 11 is 0. The van der Waals surface area contributed by atoms with Gasteiger partial charge in [-0.05, 0) is 20.9 Å². The van der Waals surface area contributed by atoms with Crippen molar-refractivity contribution in [2.24, 2.45) is 0 Å². The van der Waals surface area contributed by atoms with Gasteiger partial charge in [-0.2, -0.15) is 0 Å². The largest absolute Gasteiger partial charge is 0.346 e. The smallest absolute Gasteiger partial charge is 0.165 e. The normalized spacial score (nSPS) is 33.0. The van der Waals surface area contributed by atoms with Crippen LogP contribution in [0.2, 0.25) is 0 Å². The second kappa shape index (κ2) is 2.25.